The summed E-state index contributed by atoms with van der Waals surface area (Å²) in [5.41, 5.74) is 3.82. The second-order valence-electron chi connectivity index (χ2n) is 3.72. The molecule has 0 aliphatic heterocycles. The molecular formula is C14H11ClO. The molecule has 16 heavy (non-hydrogen) atoms. The Morgan fingerprint density at radius 2 is 1.75 bits per heavy atom. The summed E-state index contributed by atoms with van der Waals surface area (Å²) in [6.07, 6.45) is 0.796. The summed E-state index contributed by atoms with van der Waals surface area (Å²) in [7, 11) is 0. The molecule has 1 nitrogen and oxygen atoms in total. The first-order valence-electron chi connectivity index (χ1n) is 5.02. The van der Waals surface area contributed by atoms with Crippen molar-refractivity contribution in [2.75, 3.05) is 0 Å². The number of benzene rings is 2. The standard InChI is InChI=1S/C14H11ClO/c1-10-2-5-12(6-3-10)13-7-4-11(9-16)8-14(13)15/h2-9H,1H3. The van der Waals surface area contributed by atoms with Gasteiger partial charge in [0.2, 0.25) is 0 Å². The van der Waals surface area contributed by atoms with E-state index in [-0.39, 0.29) is 0 Å². The van der Waals surface area contributed by atoms with E-state index in [1.165, 1.54) is 5.56 Å². The largest absolute Gasteiger partial charge is 0.298 e. The second kappa shape index (κ2) is 4.50. The molecule has 80 valence electrons. The van der Waals surface area contributed by atoms with E-state index in [1.807, 2.05) is 37.3 Å². The lowest BCUT2D eigenvalue weighted by atomic mass is 10.0. The first-order chi connectivity index (χ1) is 7.70. The number of hydrogen-bond acceptors (Lipinski definition) is 1. The SMILES string of the molecule is Cc1ccc(-c2ccc(C=O)cc2Cl)cc1. The fraction of sp³-hybridized carbons (Fsp3) is 0.0714. The topological polar surface area (TPSA) is 17.1 Å². The number of halogens is 1. The average Bonchev–Trinajstić information content (AvgIpc) is 2.30. The molecule has 0 fully saturated rings. The Morgan fingerprint density at radius 1 is 1.06 bits per heavy atom. The van der Waals surface area contributed by atoms with Gasteiger partial charge in [-0.15, -0.1) is 0 Å². The highest BCUT2D eigenvalue weighted by molar-refractivity contribution is 6.33. The van der Waals surface area contributed by atoms with Gasteiger partial charge in [0, 0.05) is 16.1 Å². The van der Waals surface area contributed by atoms with E-state index in [1.54, 1.807) is 12.1 Å². The molecule has 0 aliphatic carbocycles. The zero-order chi connectivity index (χ0) is 11.5. The highest BCUT2D eigenvalue weighted by Gasteiger charge is 2.03. The van der Waals surface area contributed by atoms with Gasteiger partial charge in [0.1, 0.15) is 6.29 Å². The van der Waals surface area contributed by atoms with Crippen molar-refractivity contribution >= 4 is 17.9 Å². The van der Waals surface area contributed by atoms with Crippen molar-refractivity contribution in [1.82, 2.24) is 0 Å². The van der Waals surface area contributed by atoms with Gasteiger partial charge in [-0.25, -0.2) is 0 Å². The normalized spacial score (nSPS) is 10.1. The zero-order valence-corrected chi connectivity index (χ0v) is 9.66. The van der Waals surface area contributed by atoms with Crippen LogP contribution in [-0.2, 0) is 0 Å². The smallest absolute Gasteiger partial charge is 0.150 e. The molecule has 0 unspecified atom stereocenters. The quantitative estimate of drug-likeness (QED) is 0.709. The Morgan fingerprint density at radius 3 is 2.31 bits per heavy atom. The minimum Gasteiger partial charge on any atom is -0.298 e. The Labute approximate surface area is 99.7 Å². The van der Waals surface area contributed by atoms with Crippen LogP contribution in [0.5, 0.6) is 0 Å². The molecule has 2 aromatic carbocycles. The molecule has 0 N–H and O–H groups in total. The van der Waals surface area contributed by atoms with Gasteiger partial charge in [0.25, 0.3) is 0 Å². The van der Waals surface area contributed by atoms with Gasteiger partial charge < -0.3 is 0 Å². The van der Waals surface area contributed by atoms with E-state index in [0.717, 1.165) is 17.4 Å². The van der Waals surface area contributed by atoms with Gasteiger partial charge >= 0.3 is 0 Å². The molecule has 0 aliphatic rings. The molecule has 0 radical (unpaired) electrons. The Kier molecular flexibility index (Phi) is 3.07. The summed E-state index contributed by atoms with van der Waals surface area (Å²) in [4.78, 5) is 10.6. The maximum Gasteiger partial charge on any atom is 0.150 e. The predicted octanol–water partition coefficient (Wildman–Crippen LogP) is 4.13. The Balaban J connectivity index is 2.48. The first-order valence-corrected chi connectivity index (χ1v) is 5.40. The first kappa shape index (κ1) is 10.9. The van der Waals surface area contributed by atoms with Crippen LogP contribution < -0.4 is 0 Å². The van der Waals surface area contributed by atoms with Gasteiger partial charge in [0.15, 0.2) is 0 Å². The van der Waals surface area contributed by atoms with E-state index in [4.69, 9.17) is 11.6 Å². The molecule has 0 saturated carbocycles. The third-order valence-corrected chi connectivity index (χ3v) is 2.80. The summed E-state index contributed by atoms with van der Waals surface area (Å²) in [5.74, 6) is 0. The van der Waals surface area contributed by atoms with Crippen molar-refractivity contribution in [2.45, 2.75) is 6.92 Å². The number of rotatable bonds is 2. The van der Waals surface area contributed by atoms with Crippen molar-refractivity contribution in [1.29, 1.82) is 0 Å². The van der Waals surface area contributed by atoms with Gasteiger partial charge in [-0.3, -0.25) is 4.79 Å². The highest BCUT2D eigenvalue weighted by atomic mass is 35.5. The van der Waals surface area contributed by atoms with Crippen LogP contribution in [0.3, 0.4) is 0 Å². The van der Waals surface area contributed by atoms with Crippen molar-refractivity contribution in [3.63, 3.8) is 0 Å². The van der Waals surface area contributed by atoms with E-state index >= 15 is 0 Å². The molecule has 0 amide bonds. The van der Waals surface area contributed by atoms with Crippen LogP contribution >= 0.6 is 11.6 Å². The third kappa shape index (κ3) is 2.15. The van der Waals surface area contributed by atoms with Crippen LogP contribution in [0.4, 0.5) is 0 Å². The minimum absolute atomic E-state index is 0.598. The highest BCUT2D eigenvalue weighted by Crippen LogP contribution is 2.28. The molecule has 2 heteroatoms. The van der Waals surface area contributed by atoms with Crippen LogP contribution in [0.25, 0.3) is 11.1 Å². The Hall–Kier alpha value is -1.60. The maximum atomic E-state index is 10.6. The summed E-state index contributed by atoms with van der Waals surface area (Å²) in [5, 5.41) is 0.605. The molecule has 0 aromatic heterocycles. The number of aldehydes is 1. The molecule has 0 saturated heterocycles. The van der Waals surface area contributed by atoms with Crippen molar-refractivity contribution in [3.8, 4) is 11.1 Å². The number of aryl methyl sites for hydroxylation is 1. The fourth-order valence-electron chi connectivity index (χ4n) is 1.57. The fourth-order valence-corrected chi connectivity index (χ4v) is 1.87. The van der Waals surface area contributed by atoms with Crippen molar-refractivity contribution in [2.24, 2.45) is 0 Å². The third-order valence-electron chi connectivity index (χ3n) is 2.49. The molecule has 0 atom stereocenters. The van der Waals surface area contributed by atoms with Gasteiger partial charge in [-0.1, -0.05) is 53.6 Å². The Bertz CT molecular complexity index is 515. The lowest BCUT2D eigenvalue weighted by Gasteiger charge is -2.05. The predicted molar refractivity (Wildman–Crippen MR) is 67.0 cm³/mol. The van der Waals surface area contributed by atoms with E-state index in [9.17, 15) is 4.79 Å². The summed E-state index contributed by atoms with van der Waals surface area (Å²) >= 11 is 6.12. The van der Waals surface area contributed by atoms with Crippen LogP contribution in [0.2, 0.25) is 5.02 Å². The van der Waals surface area contributed by atoms with Crippen molar-refractivity contribution in [3.05, 3.63) is 58.6 Å². The maximum absolute atomic E-state index is 10.6. The van der Waals surface area contributed by atoms with Gasteiger partial charge in [-0.2, -0.15) is 0 Å². The van der Waals surface area contributed by atoms with Crippen LogP contribution in [0.15, 0.2) is 42.5 Å². The van der Waals surface area contributed by atoms with Crippen LogP contribution in [0.1, 0.15) is 15.9 Å². The van der Waals surface area contributed by atoms with Gasteiger partial charge in [-0.05, 0) is 18.6 Å². The average molecular weight is 231 g/mol. The molecule has 0 heterocycles. The number of carbonyl (C=O) groups is 1. The van der Waals surface area contributed by atoms with Crippen LogP contribution in [0, 0.1) is 6.92 Å². The van der Waals surface area contributed by atoms with E-state index < -0.39 is 0 Å². The summed E-state index contributed by atoms with van der Waals surface area (Å²) in [6.45, 7) is 2.04. The second-order valence-corrected chi connectivity index (χ2v) is 4.13. The molecule has 2 aromatic rings. The van der Waals surface area contributed by atoms with E-state index in [2.05, 4.69) is 0 Å². The molecule has 2 rings (SSSR count). The van der Waals surface area contributed by atoms with Gasteiger partial charge in [0.05, 0.1) is 0 Å². The van der Waals surface area contributed by atoms with E-state index in [0.29, 0.717) is 10.6 Å². The number of carbonyl (C=O) groups excluding carboxylic acids is 1. The lowest BCUT2D eigenvalue weighted by Crippen LogP contribution is -1.84. The number of hydrogen-bond donors (Lipinski definition) is 0. The van der Waals surface area contributed by atoms with Crippen LogP contribution in [-0.4, -0.2) is 6.29 Å². The molecular weight excluding hydrogens is 220 g/mol. The lowest BCUT2D eigenvalue weighted by molar-refractivity contribution is 0.112. The monoisotopic (exact) mass is 230 g/mol. The molecule has 0 spiro atoms. The zero-order valence-electron chi connectivity index (χ0n) is 8.91. The summed E-state index contributed by atoms with van der Waals surface area (Å²) < 4.78 is 0. The summed E-state index contributed by atoms with van der Waals surface area (Å²) in [6, 6.07) is 13.5. The van der Waals surface area contributed by atoms with Crippen molar-refractivity contribution < 1.29 is 4.79 Å². The molecule has 0 bridgehead atoms. The minimum atomic E-state index is 0.598.